The van der Waals surface area contributed by atoms with Crippen LogP contribution in [-0.4, -0.2) is 40.5 Å². The lowest BCUT2D eigenvalue weighted by atomic mass is 10.0. The maximum Gasteiger partial charge on any atom is 0.254 e. The molecular weight excluding hydrogens is 371 g/mol. The smallest absolute Gasteiger partial charge is 0.254 e. The molecule has 0 radical (unpaired) electrons. The standard InChI is InChI=1S/C22H21FN4O2/c1-3-29-21-9-15(7-8-20(21)27-14-18(23)11-25-27)22(28)26(2)13-17-6-4-5-16-10-24-12-19(16)17/h4-11,14H,3,12-13H2,1-2H3. The van der Waals surface area contributed by atoms with E-state index >= 15 is 0 Å². The van der Waals surface area contributed by atoms with E-state index in [1.54, 1.807) is 30.1 Å². The molecule has 7 heteroatoms. The summed E-state index contributed by atoms with van der Waals surface area (Å²) in [6.07, 6.45) is 4.26. The predicted molar refractivity (Wildman–Crippen MR) is 108 cm³/mol. The minimum atomic E-state index is -0.438. The zero-order valence-corrected chi connectivity index (χ0v) is 16.3. The SMILES string of the molecule is CCOc1cc(C(=O)N(C)Cc2cccc3c2CN=C3)ccc1-n1cc(F)cn1. The van der Waals surface area contributed by atoms with Crippen LogP contribution in [0.15, 0.2) is 53.8 Å². The van der Waals surface area contributed by atoms with E-state index in [1.807, 2.05) is 31.3 Å². The highest BCUT2D eigenvalue weighted by Gasteiger charge is 2.18. The highest BCUT2D eigenvalue weighted by molar-refractivity contribution is 5.95. The molecular formula is C22H21FN4O2. The Morgan fingerprint density at radius 1 is 1.31 bits per heavy atom. The van der Waals surface area contributed by atoms with Crippen molar-refractivity contribution in [3.05, 3.63) is 76.9 Å². The van der Waals surface area contributed by atoms with Gasteiger partial charge in [0.1, 0.15) is 11.4 Å². The summed E-state index contributed by atoms with van der Waals surface area (Å²) in [5.74, 6) is -0.0868. The van der Waals surface area contributed by atoms with Crippen LogP contribution >= 0.6 is 0 Å². The molecule has 1 amide bonds. The van der Waals surface area contributed by atoms with Gasteiger partial charge in [-0.15, -0.1) is 0 Å². The van der Waals surface area contributed by atoms with Gasteiger partial charge in [0.2, 0.25) is 0 Å². The van der Waals surface area contributed by atoms with Gasteiger partial charge in [-0.25, -0.2) is 9.07 Å². The van der Waals surface area contributed by atoms with Crippen molar-refractivity contribution in [2.75, 3.05) is 13.7 Å². The van der Waals surface area contributed by atoms with Crippen molar-refractivity contribution in [3.63, 3.8) is 0 Å². The molecule has 4 rings (SSSR count). The number of fused-ring (bicyclic) bond motifs is 1. The number of ether oxygens (including phenoxy) is 1. The first-order valence-electron chi connectivity index (χ1n) is 9.40. The molecule has 0 aliphatic carbocycles. The molecule has 1 aliphatic heterocycles. The van der Waals surface area contributed by atoms with Gasteiger partial charge in [0.15, 0.2) is 5.82 Å². The summed E-state index contributed by atoms with van der Waals surface area (Å²) >= 11 is 0. The van der Waals surface area contributed by atoms with E-state index in [-0.39, 0.29) is 5.91 Å². The number of halogens is 1. The molecule has 148 valence electrons. The van der Waals surface area contributed by atoms with Crippen LogP contribution in [0.3, 0.4) is 0 Å². The molecule has 0 N–H and O–H groups in total. The second-order valence-corrected chi connectivity index (χ2v) is 6.83. The van der Waals surface area contributed by atoms with Gasteiger partial charge in [0.05, 0.1) is 25.5 Å². The van der Waals surface area contributed by atoms with Crippen LogP contribution in [0.5, 0.6) is 5.75 Å². The molecule has 0 unspecified atom stereocenters. The molecule has 1 aliphatic rings. The number of aromatic nitrogens is 2. The lowest BCUT2D eigenvalue weighted by molar-refractivity contribution is 0.0784. The molecule has 6 nitrogen and oxygen atoms in total. The molecule has 2 heterocycles. The zero-order chi connectivity index (χ0) is 20.4. The summed E-state index contributed by atoms with van der Waals surface area (Å²) < 4.78 is 20.4. The van der Waals surface area contributed by atoms with Gasteiger partial charge in [0, 0.05) is 25.4 Å². The Bertz CT molecular complexity index is 1090. The van der Waals surface area contributed by atoms with Crippen molar-refractivity contribution in [1.82, 2.24) is 14.7 Å². The largest absolute Gasteiger partial charge is 0.492 e. The zero-order valence-electron chi connectivity index (χ0n) is 16.3. The van der Waals surface area contributed by atoms with Crippen LogP contribution < -0.4 is 4.74 Å². The molecule has 29 heavy (non-hydrogen) atoms. The fourth-order valence-corrected chi connectivity index (χ4v) is 3.44. The molecule has 0 atom stereocenters. The van der Waals surface area contributed by atoms with E-state index in [4.69, 9.17) is 4.74 Å². The van der Waals surface area contributed by atoms with E-state index in [0.29, 0.717) is 36.7 Å². The van der Waals surface area contributed by atoms with Gasteiger partial charge in [-0.05, 0) is 41.8 Å². The minimum absolute atomic E-state index is 0.124. The molecule has 0 bridgehead atoms. The van der Waals surface area contributed by atoms with Gasteiger partial charge >= 0.3 is 0 Å². The summed E-state index contributed by atoms with van der Waals surface area (Å²) in [6, 6.07) is 11.1. The third-order valence-electron chi connectivity index (χ3n) is 4.85. The summed E-state index contributed by atoms with van der Waals surface area (Å²) in [5, 5.41) is 3.98. The molecule has 2 aromatic carbocycles. The predicted octanol–water partition coefficient (Wildman–Crippen LogP) is 3.61. The maximum atomic E-state index is 13.4. The summed E-state index contributed by atoms with van der Waals surface area (Å²) in [6.45, 7) is 3.41. The van der Waals surface area contributed by atoms with Crippen molar-refractivity contribution in [3.8, 4) is 11.4 Å². The first-order chi connectivity index (χ1) is 14.1. The Balaban J connectivity index is 1.58. The number of hydrogen-bond donors (Lipinski definition) is 0. The monoisotopic (exact) mass is 392 g/mol. The number of benzene rings is 2. The van der Waals surface area contributed by atoms with Gasteiger partial charge in [-0.1, -0.05) is 18.2 Å². The number of aliphatic imine (C=N–C) groups is 1. The van der Waals surface area contributed by atoms with Crippen LogP contribution in [0.4, 0.5) is 4.39 Å². The second kappa shape index (κ2) is 7.87. The third-order valence-corrected chi connectivity index (χ3v) is 4.85. The molecule has 1 aromatic heterocycles. The number of amides is 1. The fraction of sp³-hybridized carbons (Fsp3) is 0.227. The molecule has 0 saturated carbocycles. The van der Waals surface area contributed by atoms with Gasteiger partial charge in [-0.3, -0.25) is 9.79 Å². The van der Waals surface area contributed by atoms with Crippen LogP contribution in [-0.2, 0) is 13.1 Å². The molecule has 0 fully saturated rings. The Kier molecular flexibility index (Phi) is 5.12. The quantitative estimate of drug-likeness (QED) is 0.644. The normalized spacial score (nSPS) is 12.1. The van der Waals surface area contributed by atoms with E-state index in [1.165, 1.54) is 16.4 Å². The van der Waals surface area contributed by atoms with Crippen LogP contribution in [0.1, 0.15) is 34.0 Å². The van der Waals surface area contributed by atoms with E-state index in [2.05, 4.69) is 10.1 Å². The number of hydrogen-bond acceptors (Lipinski definition) is 4. The van der Waals surface area contributed by atoms with Crippen molar-refractivity contribution in [1.29, 1.82) is 0 Å². The second-order valence-electron chi connectivity index (χ2n) is 6.83. The fourth-order valence-electron chi connectivity index (χ4n) is 3.44. The molecule has 0 spiro atoms. The number of carbonyl (C=O) groups is 1. The lowest BCUT2D eigenvalue weighted by Crippen LogP contribution is -2.26. The Hall–Kier alpha value is -3.48. The van der Waals surface area contributed by atoms with Gasteiger partial charge in [0.25, 0.3) is 5.91 Å². The Morgan fingerprint density at radius 2 is 2.17 bits per heavy atom. The highest BCUT2D eigenvalue weighted by Crippen LogP contribution is 2.26. The van der Waals surface area contributed by atoms with Crippen molar-refractivity contribution >= 4 is 12.1 Å². The number of rotatable bonds is 6. The van der Waals surface area contributed by atoms with E-state index < -0.39 is 5.82 Å². The van der Waals surface area contributed by atoms with Gasteiger partial charge < -0.3 is 9.64 Å². The van der Waals surface area contributed by atoms with Crippen molar-refractivity contribution < 1.29 is 13.9 Å². The van der Waals surface area contributed by atoms with E-state index in [0.717, 1.165) is 17.3 Å². The minimum Gasteiger partial charge on any atom is -0.492 e. The highest BCUT2D eigenvalue weighted by atomic mass is 19.1. The first kappa shape index (κ1) is 18.9. The summed E-state index contributed by atoms with van der Waals surface area (Å²) in [7, 11) is 1.77. The Labute approximate surface area is 168 Å². The Morgan fingerprint density at radius 3 is 2.93 bits per heavy atom. The maximum absolute atomic E-state index is 13.4. The van der Waals surface area contributed by atoms with Crippen LogP contribution in [0, 0.1) is 5.82 Å². The van der Waals surface area contributed by atoms with Gasteiger partial charge in [-0.2, -0.15) is 5.10 Å². The summed E-state index contributed by atoms with van der Waals surface area (Å²) in [5.41, 5.74) is 4.43. The summed E-state index contributed by atoms with van der Waals surface area (Å²) in [4.78, 5) is 19.0. The number of nitrogens with zero attached hydrogens (tertiary/aromatic N) is 4. The average Bonchev–Trinajstić information content (AvgIpc) is 3.37. The van der Waals surface area contributed by atoms with Crippen molar-refractivity contribution in [2.45, 2.75) is 20.0 Å². The molecule has 3 aromatic rings. The van der Waals surface area contributed by atoms with E-state index in [9.17, 15) is 9.18 Å². The number of carbonyl (C=O) groups excluding carboxylic acids is 1. The van der Waals surface area contributed by atoms with Crippen molar-refractivity contribution in [2.24, 2.45) is 4.99 Å². The topological polar surface area (TPSA) is 59.7 Å². The third kappa shape index (κ3) is 3.76. The van der Waals surface area contributed by atoms with Crippen LogP contribution in [0.25, 0.3) is 5.69 Å². The lowest BCUT2D eigenvalue weighted by Gasteiger charge is -2.20. The molecule has 0 saturated heterocycles. The average molecular weight is 392 g/mol. The first-order valence-corrected chi connectivity index (χ1v) is 9.40. The van der Waals surface area contributed by atoms with Crippen LogP contribution in [0.2, 0.25) is 0 Å².